The highest BCUT2D eigenvalue weighted by molar-refractivity contribution is 6.36. The van der Waals surface area contributed by atoms with Crippen LogP contribution in [0.3, 0.4) is 0 Å². The summed E-state index contributed by atoms with van der Waals surface area (Å²) in [6, 6.07) is 20.2. The molecule has 0 radical (unpaired) electrons. The van der Waals surface area contributed by atoms with E-state index < -0.39 is 0 Å². The number of fused-ring (bicyclic) bond motifs is 1. The molecule has 0 saturated carbocycles. The van der Waals surface area contributed by atoms with Crippen molar-refractivity contribution in [1.29, 1.82) is 0 Å². The highest BCUT2D eigenvalue weighted by Gasteiger charge is 2.14. The SMILES string of the molecule is COc1ccc(Oc2nc(-c3ccc(Cl)cc3Cl)nc3ccccc23)cc1. The fourth-order valence-electron chi connectivity index (χ4n) is 2.67. The van der Waals surface area contributed by atoms with E-state index in [0.717, 1.165) is 16.7 Å². The molecule has 0 bridgehead atoms. The molecule has 1 aromatic heterocycles. The van der Waals surface area contributed by atoms with Crippen molar-refractivity contribution in [1.82, 2.24) is 9.97 Å². The van der Waals surface area contributed by atoms with Crippen LogP contribution in [0.25, 0.3) is 22.3 Å². The first kappa shape index (κ1) is 17.6. The van der Waals surface area contributed by atoms with Crippen molar-refractivity contribution in [2.24, 2.45) is 0 Å². The molecule has 4 nitrogen and oxygen atoms in total. The normalized spacial score (nSPS) is 10.8. The fourth-order valence-corrected chi connectivity index (χ4v) is 3.16. The first-order valence-corrected chi connectivity index (χ1v) is 8.94. The van der Waals surface area contributed by atoms with Crippen LogP contribution in [0.15, 0.2) is 66.7 Å². The zero-order chi connectivity index (χ0) is 18.8. The lowest BCUT2D eigenvalue weighted by Gasteiger charge is -2.11. The number of halogens is 2. The van der Waals surface area contributed by atoms with Crippen LogP contribution in [0.4, 0.5) is 0 Å². The molecule has 0 fully saturated rings. The van der Waals surface area contributed by atoms with Crippen molar-refractivity contribution in [3.05, 3.63) is 76.8 Å². The highest BCUT2D eigenvalue weighted by atomic mass is 35.5. The predicted molar refractivity (Wildman–Crippen MR) is 108 cm³/mol. The van der Waals surface area contributed by atoms with Crippen molar-refractivity contribution in [2.45, 2.75) is 0 Å². The molecule has 0 aliphatic rings. The minimum atomic E-state index is 0.451. The van der Waals surface area contributed by atoms with Crippen LogP contribution in [0.2, 0.25) is 10.0 Å². The smallest absolute Gasteiger partial charge is 0.230 e. The number of benzene rings is 3. The zero-order valence-electron chi connectivity index (χ0n) is 14.3. The van der Waals surface area contributed by atoms with Gasteiger partial charge in [0.2, 0.25) is 5.88 Å². The van der Waals surface area contributed by atoms with Gasteiger partial charge >= 0.3 is 0 Å². The Bertz CT molecular complexity index is 1110. The van der Waals surface area contributed by atoms with Gasteiger partial charge in [0.25, 0.3) is 0 Å². The standard InChI is InChI=1S/C21H14Cl2N2O2/c1-26-14-7-9-15(10-8-14)27-21-17-4-2-3-5-19(17)24-20(25-21)16-11-6-13(22)12-18(16)23/h2-12H,1H3. The number of aromatic nitrogens is 2. The van der Waals surface area contributed by atoms with Crippen molar-refractivity contribution in [3.8, 4) is 28.8 Å². The third-order valence-electron chi connectivity index (χ3n) is 4.01. The number of nitrogens with zero attached hydrogens (tertiary/aromatic N) is 2. The monoisotopic (exact) mass is 396 g/mol. The summed E-state index contributed by atoms with van der Waals surface area (Å²) < 4.78 is 11.2. The van der Waals surface area contributed by atoms with Gasteiger partial charge in [-0.15, -0.1) is 0 Å². The molecule has 0 N–H and O–H groups in total. The maximum absolute atomic E-state index is 6.34. The van der Waals surface area contributed by atoms with E-state index in [-0.39, 0.29) is 0 Å². The molecule has 27 heavy (non-hydrogen) atoms. The summed E-state index contributed by atoms with van der Waals surface area (Å²) >= 11 is 12.3. The van der Waals surface area contributed by atoms with Crippen molar-refractivity contribution in [2.75, 3.05) is 7.11 Å². The predicted octanol–water partition coefficient (Wildman–Crippen LogP) is 6.40. The van der Waals surface area contributed by atoms with Gasteiger partial charge < -0.3 is 9.47 Å². The van der Waals surface area contributed by atoms with Gasteiger partial charge in [-0.05, 0) is 54.6 Å². The van der Waals surface area contributed by atoms with Gasteiger partial charge in [-0.3, -0.25) is 0 Å². The molecule has 0 spiro atoms. The van der Waals surface area contributed by atoms with E-state index in [4.69, 9.17) is 32.7 Å². The largest absolute Gasteiger partial charge is 0.497 e. The minimum absolute atomic E-state index is 0.451. The Balaban J connectivity index is 1.82. The van der Waals surface area contributed by atoms with Crippen molar-refractivity contribution in [3.63, 3.8) is 0 Å². The maximum atomic E-state index is 6.34. The van der Waals surface area contributed by atoms with Crippen molar-refractivity contribution < 1.29 is 9.47 Å². The third kappa shape index (κ3) is 3.68. The number of hydrogen-bond donors (Lipinski definition) is 0. The molecule has 1 heterocycles. The van der Waals surface area contributed by atoms with E-state index in [1.807, 2.05) is 48.5 Å². The lowest BCUT2D eigenvalue weighted by molar-refractivity contribution is 0.412. The molecule has 0 aliphatic heterocycles. The molecule has 4 aromatic rings. The van der Waals surface area contributed by atoms with Gasteiger partial charge in [0, 0.05) is 10.6 Å². The van der Waals surface area contributed by atoms with E-state index in [9.17, 15) is 0 Å². The van der Waals surface area contributed by atoms with E-state index >= 15 is 0 Å². The van der Waals surface area contributed by atoms with Crippen LogP contribution in [0, 0.1) is 0 Å². The molecule has 0 unspecified atom stereocenters. The molecular weight excluding hydrogens is 383 g/mol. The Kier molecular flexibility index (Phi) is 4.84. The van der Waals surface area contributed by atoms with Crippen LogP contribution in [-0.2, 0) is 0 Å². The second-order valence-electron chi connectivity index (χ2n) is 5.77. The molecular formula is C21H14Cl2N2O2. The molecule has 3 aromatic carbocycles. The number of rotatable bonds is 4. The molecule has 134 valence electrons. The van der Waals surface area contributed by atoms with E-state index in [1.165, 1.54) is 0 Å². The summed E-state index contributed by atoms with van der Waals surface area (Å²) in [4.78, 5) is 9.23. The Morgan fingerprint density at radius 1 is 0.815 bits per heavy atom. The van der Waals surface area contributed by atoms with E-state index in [0.29, 0.717) is 33.1 Å². The van der Waals surface area contributed by atoms with Gasteiger partial charge in [-0.2, -0.15) is 4.98 Å². The molecule has 0 aliphatic carbocycles. The second-order valence-corrected chi connectivity index (χ2v) is 6.61. The summed E-state index contributed by atoms with van der Waals surface area (Å²) in [5, 5.41) is 1.84. The van der Waals surface area contributed by atoms with Crippen LogP contribution in [0.1, 0.15) is 0 Å². The number of para-hydroxylation sites is 1. The zero-order valence-corrected chi connectivity index (χ0v) is 15.8. The van der Waals surface area contributed by atoms with E-state index in [2.05, 4.69) is 9.97 Å². The minimum Gasteiger partial charge on any atom is -0.497 e. The van der Waals surface area contributed by atoms with Crippen LogP contribution in [0.5, 0.6) is 17.4 Å². The Hall–Kier alpha value is -2.82. The van der Waals surface area contributed by atoms with Crippen molar-refractivity contribution >= 4 is 34.1 Å². The van der Waals surface area contributed by atoms with Gasteiger partial charge in [-0.1, -0.05) is 35.3 Å². The number of ether oxygens (including phenoxy) is 2. The second kappa shape index (κ2) is 7.43. The average molecular weight is 397 g/mol. The third-order valence-corrected chi connectivity index (χ3v) is 4.56. The first-order chi connectivity index (χ1) is 13.1. The summed E-state index contributed by atoms with van der Waals surface area (Å²) in [7, 11) is 1.62. The lowest BCUT2D eigenvalue weighted by Crippen LogP contribution is -1.96. The summed E-state index contributed by atoms with van der Waals surface area (Å²) in [5.41, 5.74) is 1.45. The lowest BCUT2D eigenvalue weighted by atomic mass is 10.2. The first-order valence-electron chi connectivity index (χ1n) is 8.18. The van der Waals surface area contributed by atoms with Gasteiger partial charge in [0.15, 0.2) is 5.82 Å². The Morgan fingerprint density at radius 2 is 1.56 bits per heavy atom. The summed E-state index contributed by atoms with van der Waals surface area (Å²) in [5.74, 6) is 2.32. The highest BCUT2D eigenvalue weighted by Crippen LogP contribution is 2.33. The quantitative estimate of drug-likeness (QED) is 0.399. The molecule has 6 heteroatoms. The van der Waals surface area contributed by atoms with Gasteiger partial charge in [0.05, 0.1) is 23.0 Å². The van der Waals surface area contributed by atoms with Crippen LogP contribution >= 0.6 is 23.2 Å². The van der Waals surface area contributed by atoms with Gasteiger partial charge in [0.1, 0.15) is 11.5 Å². The topological polar surface area (TPSA) is 44.2 Å². The number of hydrogen-bond acceptors (Lipinski definition) is 4. The molecule has 0 atom stereocenters. The summed E-state index contributed by atoms with van der Waals surface area (Å²) in [6.07, 6.45) is 0. The van der Waals surface area contributed by atoms with Crippen LogP contribution < -0.4 is 9.47 Å². The number of methoxy groups -OCH3 is 1. The van der Waals surface area contributed by atoms with E-state index in [1.54, 1.807) is 25.3 Å². The Morgan fingerprint density at radius 3 is 2.30 bits per heavy atom. The summed E-state index contributed by atoms with van der Waals surface area (Å²) in [6.45, 7) is 0. The molecule has 4 rings (SSSR count). The Labute approximate surface area is 166 Å². The van der Waals surface area contributed by atoms with Gasteiger partial charge in [-0.25, -0.2) is 4.98 Å². The maximum Gasteiger partial charge on any atom is 0.230 e. The fraction of sp³-hybridized carbons (Fsp3) is 0.0476. The molecule has 0 saturated heterocycles. The molecule has 0 amide bonds. The average Bonchev–Trinajstić information content (AvgIpc) is 2.68. The van der Waals surface area contributed by atoms with Crippen LogP contribution in [-0.4, -0.2) is 17.1 Å².